The van der Waals surface area contributed by atoms with Gasteiger partial charge in [0.05, 0.1) is 5.92 Å². The minimum atomic E-state index is -2.45. The highest BCUT2D eigenvalue weighted by atomic mass is 19.1. The fourth-order valence-electron chi connectivity index (χ4n) is 5.53. The predicted octanol–water partition coefficient (Wildman–Crippen LogP) is 6.45. The summed E-state index contributed by atoms with van der Waals surface area (Å²) in [7, 11) is 1.17. The van der Waals surface area contributed by atoms with Crippen LogP contribution < -0.4 is 0 Å². The standard InChI is InChI=1S/C33H43F2NO7/c1-31(2,3)43-30(40)36(6)33(29(38)39,21-32(4,5)35)26(28(37)42-20-22-10-8-7-9-11-22)18-23-12-13-25(27(34)19-23)24-14-16-41-17-15-24/h7-13,19,24,26H,14-18,20-21H2,1-6H3,(H,38,39)/t26-,33-/m0/s1. The SMILES string of the molecule is CN(C(=O)OC(C)(C)C)[C@](CC(C)(C)F)(C(=O)O)[C@@H](Cc1ccc(C2CCOCC2)c(F)c1)C(=O)OCc1ccccc1. The van der Waals surface area contributed by atoms with Gasteiger partial charge in [-0.05, 0) is 82.6 Å². The minimum absolute atomic E-state index is 0.0295. The number of benzene rings is 2. The van der Waals surface area contributed by atoms with Crippen molar-refractivity contribution in [1.29, 1.82) is 0 Å². The first kappa shape index (κ1) is 34.0. The molecule has 2 atom stereocenters. The van der Waals surface area contributed by atoms with Gasteiger partial charge in [-0.25, -0.2) is 18.4 Å². The molecule has 3 rings (SSSR count). The Bertz CT molecular complexity index is 1270. The molecule has 2 aromatic carbocycles. The third kappa shape index (κ3) is 8.98. The van der Waals surface area contributed by atoms with Gasteiger partial charge in [-0.2, -0.15) is 0 Å². The van der Waals surface area contributed by atoms with Crippen LogP contribution in [0.4, 0.5) is 13.6 Å². The van der Waals surface area contributed by atoms with Crippen LogP contribution in [0.1, 0.15) is 76.5 Å². The van der Waals surface area contributed by atoms with E-state index in [1.807, 2.05) is 0 Å². The number of amides is 1. The molecule has 0 bridgehead atoms. The Balaban J connectivity index is 2.10. The topological polar surface area (TPSA) is 102 Å². The average Bonchev–Trinajstić information content (AvgIpc) is 2.92. The number of carbonyl (C=O) groups excluding carboxylic acids is 2. The van der Waals surface area contributed by atoms with E-state index >= 15 is 8.78 Å². The maximum atomic E-state index is 15.5. The van der Waals surface area contributed by atoms with E-state index < -0.39 is 53.0 Å². The second-order valence-corrected chi connectivity index (χ2v) is 12.8. The Morgan fingerprint density at radius 2 is 1.65 bits per heavy atom. The zero-order valence-electron chi connectivity index (χ0n) is 25.8. The molecule has 0 spiro atoms. The van der Waals surface area contributed by atoms with E-state index in [1.54, 1.807) is 63.2 Å². The Kier molecular flexibility index (Phi) is 10.9. The summed E-state index contributed by atoms with van der Waals surface area (Å²) in [5, 5.41) is 10.7. The molecule has 236 valence electrons. The zero-order valence-corrected chi connectivity index (χ0v) is 25.8. The molecule has 0 saturated carbocycles. The van der Waals surface area contributed by atoms with Gasteiger partial charge in [-0.1, -0.05) is 42.5 Å². The number of aliphatic carboxylic acids is 1. The summed E-state index contributed by atoms with van der Waals surface area (Å²) in [6.07, 6.45) is -0.827. The van der Waals surface area contributed by atoms with Gasteiger partial charge >= 0.3 is 18.0 Å². The van der Waals surface area contributed by atoms with Crippen LogP contribution in [0.15, 0.2) is 48.5 Å². The number of halogens is 2. The smallest absolute Gasteiger partial charge is 0.411 e. The van der Waals surface area contributed by atoms with Crippen molar-refractivity contribution in [3.8, 4) is 0 Å². The highest BCUT2D eigenvalue weighted by Gasteiger charge is 2.58. The molecule has 1 saturated heterocycles. The molecule has 0 radical (unpaired) electrons. The van der Waals surface area contributed by atoms with Crippen molar-refractivity contribution >= 4 is 18.0 Å². The third-order valence-electron chi connectivity index (χ3n) is 7.58. The largest absolute Gasteiger partial charge is 0.479 e. The minimum Gasteiger partial charge on any atom is -0.479 e. The summed E-state index contributed by atoms with van der Waals surface area (Å²) in [4.78, 5) is 41.2. The molecule has 1 heterocycles. The normalized spacial score (nSPS) is 16.6. The molecule has 8 nitrogen and oxygen atoms in total. The van der Waals surface area contributed by atoms with Crippen LogP contribution in [0.2, 0.25) is 0 Å². The molecule has 1 aliphatic heterocycles. The Morgan fingerprint density at radius 3 is 2.19 bits per heavy atom. The lowest BCUT2D eigenvalue weighted by molar-refractivity contribution is -0.171. The van der Waals surface area contributed by atoms with Gasteiger partial charge < -0.3 is 19.3 Å². The fourth-order valence-corrected chi connectivity index (χ4v) is 5.53. The summed E-state index contributed by atoms with van der Waals surface area (Å²) in [5.41, 5.74) is -4.15. The van der Waals surface area contributed by atoms with Crippen molar-refractivity contribution in [3.63, 3.8) is 0 Å². The molecule has 1 aliphatic rings. The molecule has 1 amide bonds. The first-order chi connectivity index (χ1) is 20.0. The van der Waals surface area contributed by atoms with Crippen molar-refractivity contribution < 1.29 is 42.5 Å². The highest BCUT2D eigenvalue weighted by molar-refractivity contribution is 5.91. The van der Waals surface area contributed by atoms with Crippen LogP contribution in [0.25, 0.3) is 0 Å². The lowest BCUT2D eigenvalue weighted by atomic mass is 9.72. The summed E-state index contributed by atoms with van der Waals surface area (Å²) < 4.78 is 47.4. The molecular weight excluding hydrogens is 560 g/mol. The zero-order chi connectivity index (χ0) is 32.0. The molecule has 43 heavy (non-hydrogen) atoms. The lowest BCUT2D eigenvalue weighted by Gasteiger charge is -2.44. The van der Waals surface area contributed by atoms with E-state index in [0.29, 0.717) is 42.7 Å². The summed E-state index contributed by atoms with van der Waals surface area (Å²) >= 11 is 0. The molecule has 1 fully saturated rings. The number of nitrogens with zero attached hydrogens (tertiary/aromatic N) is 1. The van der Waals surface area contributed by atoms with E-state index in [4.69, 9.17) is 14.2 Å². The number of ether oxygens (including phenoxy) is 3. The lowest BCUT2D eigenvalue weighted by Crippen LogP contribution is -2.65. The van der Waals surface area contributed by atoms with Crippen LogP contribution in [-0.4, -0.2) is 65.1 Å². The van der Waals surface area contributed by atoms with Crippen LogP contribution in [0, 0.1) is 11.7 Å². The second kappa shape index (κ2) is 13.8. The maximum Gasteiger partial charge on any atom is 0.411 e. The van der Waals surface area contributed by atoms with Gasteiger partial charge in [0.1, 0.15) is 23.7 Å². The van der Waals surface area contributed by atoms with Crippen LogP contribution in [0.5, 0.6) is 0 Å². The molecule has 2 aromatic rings. The summed E-state index contributed by atoms with van der Waals surface area (Å²) in [6.45, 7) is 8.03. The number of rotatable bonds is 11. The first-order valence-corrected chi connectivity index (χ1v) is 14.5. The molecule has 1 N–H and O–H groups in total. The van der Waals surface area contributed by atoms with Gasteiger partial charge in [0.15, 0.2) is 5.54 Å². The van der Waals surface area contributed by atoms with Gasteiger partial charge in [0.25, 0.3) is 0 Å². The average molecular weight is 604 g/mol. The van der Waals surface area contributed by atoms with E-state index in [1.165, 1.54) is 27.0 Å². The van der Waals surface area contributed by atoms with E-state index in [2.05, 4.69) is 0 Å². The Labute approximate surface area is 252 Å². The van der Waals surface area contributed by atoms with Crippen LogP contribution in [-0.2, 0) is 36.8 Å². The van der Waals surface area contributed by atoms with E-state index in [0.717, 1.165) is 4.90 Å². The van der Waals surface area contributed by atoms with Gasteiger partial charge in [0, 0.05) is 26.7 Å². The highest BCUT2D eigenvalue weighted by Crippen LogP contribution is 2.39. The third-order valence-corrected chi connectivity index (χ3v) is 7.58. The molecule has 0 aromatic heterocycles. The monoisotopic (exact) mass is 603 g/mol. The maximum absolute atomic E-state index is 15.5. The Morgan fingerprint density at radius 1 is 1.02 bits per heavy atom. The quantitative estimate of drug-likeness (QED) is 0.295. The van der Waals surface area contributed by atoms with Crippen LogP contribution >= 0.6 is 0 Å². The number of carboxylic acids is 1. The number of hydrogen-bond donors (Lipinski definition) is 1. The Hall–Kier alpha value is -3.53. The fraction of sp³-hybridized carbons (Fsp3) is 0.545. The summed E-state index contributed by atoms with van der Waals surface area (Å²) in [6, 6.07) is 13.3. The predicted molar refractivity (Wildman–Crippen MR) is 157 cm³/mol. The van der Waals surface area contributed by atoms with E-state index in [9.17, 15) is 19.5 Å². The number of carboxylic acid groups (broad SMARTS) is 1. The van der Waals surface area contributed by atoms with Crippen molar-refractivity contribution in [1.82, 2.24) is 4.90 Å². The van der Waals surface area contributed by atoms with Crippen molar-refractivity contribution in [2.75, 3.05) is 20.3 Å². The molecule has 10 heteroatoms. The van der Waals surface area contributed by atoms with Crippen molar-refractivity contribution in [2.24, 2.45) is 5.92 Å². The summed E-state index contributed by atoms with van der Waals surface area (Å²) in [5.74, 6) is -4.74. The molecule has 0 unspecified atom stereocenters. The number of likely N-dealkylation sites (N-methyl/N-ethyl adjacent to an activating group) is 1. The first-order valence-electron chi connectivity index (χ1n) is 14.5. The number of alkyl halides is 1. The van der Waals surface area contributed by atoms with Crippen molar-refractivity contribution in [3.05, 3.63) is 71.0 Å². The van der Waals surface area contributed by atoms with Gasteiger partial charge in [0.2, 0.25) is 0 Å². The van der Waals surface area contributed by atoms with Crippen molar-refractivity contribution in [2.45, 2.75) is 89.6 Å². The van der Waals surface area contributed by atoms with Gasteiger partial charge in [-0.3, -0.25) is 9.69 Å². The molecular formula is C33H43F2NO7. The number of esters is 1. The van der Waals surface area contributed by atoms with E-state index in [-0.39, 0.29) is 18.9 Å². The second-order valence-electron chi connectivity index (χ2n) is 12.8. The van der Waals surface area contributed by atoms with Crippen LogP contribution in [0.3, 0.4) is 0 Å². The number of hydrogen-bond acceptors (Lipinski definition) is 6. The number of carbonyl (C=O) groups is 3. The van der Waals surface area contributed by atoms with Gasteiger partial charge in [-0.15, -0.1) is 0 Å². The molecule has 0 aliphatic carbocycles.